The average molecular weight is 355 g/mol. The van der Waals surface area contributed by atoms with Crippen LogP contribution < -0.4 is 0 Å². The van der Waals surface area contributed by atoms with Crippen molar-refractivity contribution in [2.45, 2.75) is 24.7 Å². The average Bonchev–Trinajstić information content (AvgIpc) is 3.06. The van der Waals surface area contributed by atoms with Gasteiger partial charge in [0.05, 0.1) is 4.90 Å². The summed E-state index contributed by atoms with van der Waals surface area (Å²) in [4.78, 5) is 0.265. The van der Waals surface area contributed by atoms with Gasteiger partial charge >= 0.3 is 0 Å². The highest BCUT2D eigenvalue weighted by atomic mass is 32.2. The summed E-state index contributed by atoms with van der Waals surface area (Å²) in [6, 6.07) is 16.5. The van der Waals surface area contributed by atoms with Gasteiger partial charge in [0.1, 0.15) is 0 Å². The van der Waals surface area contributed by atoms with Gasteiger partial charge in [-0.25, -0.2) is 12.4 Å². The zero-order valence-corrected chi connectivity index (χ0v) is 14.9. The highest BCUT2D eigenvalue weighted by Crippen LogP contribution is 2.28. The third kappa shape index (κ3) is 3.67. The summed E-state index contributed by atoms with van der Waals surface area (Å²) in [7, 11) is -3.64. The van der Waals surface area contributed by atoms with E-state index < -0.39 is 10.0 Å². The quantitative estimate of drug-likeness (QED) is 0.735. The van der Waals surface area contributed by atoms with Crippen LogP contribution in [0.15, 0.2) is 71.9 Å². The Labute approximate surface area is 148 Å². The van der Waals surface area contributed by atoms with Gasteiger partial charge in [-0.05, 0) is 43.0 Å². The molecule has 4 nitrogen and oxygen atoms in total. The molecule has 1 aromatic heterocycles. The van der Waals surface area contributed by atoms with Crippen molar-refractivity contribution in [2.75, 3.05) is 6.61 Å². The van der Waals surface area contributed by atoms with Crippen molar-refractivity contribution in [1.82, 2.24) is 3.97 Å². The predicted octanol–water partition coefficient (Wildman–Crippen LogP) is 3.63. The fraction of sp³-hybridized carbons (Fsp3) is 0.200. The van der Waals surface area contributed by atoms with Gasteiger partial charge in [-0.2, -0.15) is 0 Å². The molecule has 0 atom stereocenters. The molecule has 1 N–H and O–H groups in total. The second kappa shape index (κ2) is 7.25. The highest BCUT2D eigenvalue weighted by molar-refractivity contribution is 7.90. The fourth-order valence-electron chi connectivity index (χ4n) is 2.79. The van der Waals surface area contributed by atoms with E-state index in [9.17, 15) is 8.42 Å². The maximum atomic E-state index is 12.9. The number of aliphatic hydroxyl groups excluding tert-OH is 1. The van der Waals surface area contributed by atoms with Gasteiger partial charge in [-0.15, -0.1) is 0 Å². The Morgan fingerprint density at radius 2 is 1.64 bits per heavy atom. The molecule has 1 heterocycles. The SMILES string of the molecule is Cc1ccc(S(=O)(=O)n2cc(CCCO)c(-c3ccccc3)c2)cc1. The van der Waals surface area contributed by atoms with Gasteiger partial charge in [0, 0.05) is 24.6 Å². The first-order chi connectivity index (χ1) is 12.0. The minimum absolute atomic E-state index is 0.0735. The first-order valence-electron chi connectivity index (χ1n) is 8.22. The van der Waals surface area contributed by atoms with E-state index in [2.05, 4.69) is 0 Å². The van der Waals surface area contributed by atoms with Gasteiger partial charge in [0.2, 0.25) is 0 Å². The molecule has 25 heavy (non-hydrogen) atoms. The zero-order valence-electron chi connectivity index (χ0n) is 14.1. The van der Waals surface area contributed by atoms with Crippen molar-refractivity contribution >= 4 is 10.0 Å². The van der Waals surface area contributed by atoms with E-state index in [1.165, 1.54) is 3.97 Å². The molecule has 0 bridgehead atoms. The van der Waals surface area contributed by atoms with Crippen molar-refractivity contribution in [3.8, 4) is 11.1 Å². The van der Waals surface area contributed by atoms with Crippen LogP contribution in [0.4, 0.5) is 0 Å². The molecule has 3 rings (SSSR count). The summed E-state index contributed by atoms with van der Waals surface area (Å²) in [5, 5.41) is 9.13. The van der Waals surface area contributed by atoms with E-state index in [1.54, 1.807) is 36.7 Å². The predicted molar refractivity (Wildman–Crippen MR) is 99.0 cm³/mol. The van der Waals surface area contributed by atoms with Crippen LogP contribution in [0.5, 0.6) is 0 Å². The molecule has 0 aliphatic carbocycles. The van der Waals surface area contributed by atoms with E-state index >= 15 is 0 Å². The van der Waals surface area contributed by atoms with E-state index in [0.29, 0.717) is 12.8 Å². The molecule has 0 fully saturated rings. The molecule has 0 saturated carbocycles. The zero-order chi connectivity index (χ0) is 17.9. The van der Waals surface area contributed by atoms with E-state index in [0.717, 1.165) is 22.3 Å². The summed E-state index contributed by atoms with van der Waals surface area (Å²) in [6.45, 7) is 2.00. The smallest absolute Gasteiger partial charge is 0.267 e. The summed E-state index contributed by atoms with van der Waals surface area (Å²) >= 11 is 0. The fourth-order valence-corrected chi connectivity index (χ4v) is 4.02. The topological polar surface area (TPSA) is 59.3 Å². The second-order valence-electron chi connectivity index (χ2n) is 6.04. The standard InChI is InChI=1S/C20H21NO3S/c1-16-9-11-19(12-10-16)25(23,24)21-14-18(8-5-13-22)20(15-21)17-6-3-2-4-7-17/h2-4,6-7,9-12,14-15,22H,5,8,13H2,1H3. The third-order valence-corrected chi connectivity index (χ3v) is 5.80. The maximum Gasteiger partial charge on any atom is 0.267 e. The molecule has 0 saturated heterocycles. The van der Waals surface area contributed by atoms with Crippen LogP contribution in [0.3, 0.4) is 0 Å². The lowest BCUT2D eigenvalue weighted by atomic mass is 10.0. The molecule has 0 aliphatic heterocycles. The van der Waals surface area contributed by atoms with Crippen molar-refractivity contribution in [3.63, 3.8) is 0 Å². The summed E-state index contributed by atoms with van der Waals surface area (Å²) < 4.78 is 27.1. The first-order valence-corrected chi connectivity index (χ1v) is 9.66. The lowest BCUT2D eigenvalue weighted by molar-refractivity contribution is 0.288. The van der Waals surface area contributed by atoms with Gasteiger partial charge in [0.15, 0.2) is 0 Å². The number of benzene rings is 2. The summed E-state index contributed by atoms with van der Waals surface area (Å²) in [5.74, 6) is 0. The van der Waals surface area contributed by atoms with Crippen molar-refractivity contribution < 1.29 is 13.5 Å². The molecule has 0 unspecified atom stereocenters. The Morgan fingerprint density at radius 1 is 0.960 bits per heavy atom. The van der Waals surface area contributed by atoms with Crippen LogP contribution in [0, 0.1) is 6.92 Å². The number of nitrogens with zero attached hydrogens (tertiary/aromatic N) is 1. The molecule has 0 radical (unpaired) electrons. The number of aliphatic hydroxyl groups is 1. The van der Waals surface area contributed by atoms with Crippen molar-refractivity contribution in [1.29, 1.82) is 0 Å². The second-order valence-corrected chi connectivity index (χ2v) is 7.88. The number of aryl methyl sites for hydroxylation is 2. The van der Waals surface area contributed by atoms with Gasteiger partial charge in [-0.1, -0.05) is 48.0 Å². The van der Waals surface area contributed by atoms with Crippen LogP contribution in [-0.2, 0) is 16.4 Å². The number of aromatic nitrogens is 1. The Hall–Kier alpha value is -2.37. The van der Waals surface area contributed by atoms with Crippen LogP contribution in [0.25, 0.3) is 11.1 Å². The van der Waals surface area contributed by atoms with Gasteiger partial charge < -0.3 is 5.11 Å². The Morgan fingerprint density at radius 3 is 2.28 bits per heavy atom. The molecule has 0 spiro atoms. The molecular formula is C20H21NO3S. The van der Waals surface area contributed by atoms with Crippen LogP contribution in [0.1, 0.15) is 17.5 Å². The van der Waals surface area contributed by atoms with Crippen molar-refractivity contribution in [3.05, 3.63) is 78.1 Å². The minimum atomic E-state index is -3.64. The normalized spacial score (nSPS) is 11.6. The lowest BCUT2D eigenvalue weighted by Crippen LogP contribution is -2.10. The molecular weight excluding hydrogens is 334 g/mol. The number of rotatable bonds is 6. The van der Waals surface area contributed by atoms with E-state index in [4.69, 9.17) is 5.11 Å². The largest absolute Gasteiger partial charge is 0.396 e. The van der Waals surface area contributed by atoms with Gasteiger partial charge in [0.25, 0.3) is 10.0 Å². The Bertz CT molecular complexity index is 942. The summed E-state index contributed by atoms with van der Waals surface area (Å²) in [6.07, 6.45) is 4.54. The first kappa shape index (κ1) is 17.5. The Kier molecular flexibility index (Phi) is 5.06. The molecule has 2 aromatic carbocycles. The van der Waals surface area contributed by atoms with Crippen molar-refractivity contribution in [2.24, 2.45) is 0 Å². The molecule has 0 amide bonds. The van der Waals surface area contributed by atoms with Crippen LogP contribution in [-0.4, -0.2) is 24.1 Å². The van der Waals surface area contributed by atoms with E-state index in [1.807, 2.05) is 37.3 Å². The van der Waals surface area contributed by atoms with Crippen LogP contribution >= 0.6 is 0 Å². The number of hydrogen-bond donors (Lipinski definition) is 1. The van der Waals surface area contributed by atoms with E-state index in [-0.39, 0.29) is 11.5 Å². The third-order valence-electron chi connectivity index (χ3n) is 4.17. The maximum absolute atomic E-state index is 12.9. The minimum Gasteiger partial charge on any atom is -0.396 e. The molecule has 130 valence electrons. The molecule has 0 aliphatic rings. The van der Waals surface area contributed by atoms with Gasteiger partial charge in [-0.3, -0.25) is 0 Å². The lowest BCUT2D eigenvalue weighted by Gasteiger charge is -2.06. The Balaban J connectivity index is 2.07. The number of hydrogen-bond acceptors (Lipinski definition) is 3. The summed E-state index contributed by atoms with van der Waals surface area (Å²) in [5.41, 5.74) is 3.77. The highest BCUT2D eigenvalue weighted by Gasteiger charge is 2.19. The monoisotopic (exact) mass is 355 g/mol. The van der Waals surface area contributed by atoms with Crippen LogP contribution in [0.2, 0.25) is 0 Å². The molecule has 5 heteroatoms. The molecule has 3 aromatic rings.